The number of aromatic nitrogens is 1. The Labute approximate surface area is 131 Å². The van der Waals surface area contributed by atoms with Gasteiger partial charge in [-0.2, -0.15) is 0 Å². The van der Waals surface area contributed by atoms with Crippen LogP contribution in [0.15, 0.2) is 18.3 Å². The molecule has 0 radical (unpaired) electrons. The lowest BCUT2D eigenvalue weighted by molar-refractivity contribution is 0.0872. The minimum atomic E-state index is -0.119. The van der Waals surface area contributed by atoms with E-state index >= 15 is 0 Å². The lowest BCUT2D eigenvalue weighted by Gasteiger charge is -2.30. The van der Waals surface area contributed by atoms with E-state index in [1.54, 1.807) is 18.3 Å². The molecule has 1 amide bonds. The molecule has 120 valence electrons. The summed E-state index contributed by atoms with van der Waals surface area (Å²) in [5.41, 5.74) is 0.543. The summed E-state index contributed by atoms with van der Waals surface area (Å²) >= 11 is 0. The van der Waals surface area contributed by atoms with E-state index < -0.39 is 0 Å². The molecule has 2 aliphatic carbocycles. The molecule has 2 unspecified atom stereocenters. The monoisotopic (exact) mass is 304 g/mol. The Kier molecular flexibility index (Phi) is 4.93. The molecule has 2 fully saturated rings. The van der Waals surface area contributed by atoms with E-state index in [4.69, 9.17) is 4.74 Å². The molecule has 1 aromatic heterocycles. The van der Waals surface area contributed by atoms with Gasteiger partial charge in [-0.05, 0) is 37.7 Å². The Hall–Kier alpha value is -1.62. The highest BCUT2D eigenvalue weighted by atomic mass is 16.5. The number of ether oxygens (including phenoxy) is 1. The molecule has 2 saturated carbocycles. The van der Waals surface area contributed by atoms with Crippen molar-refractivity contribution in [3.05, 3.63) is 23.9 Å². The average Bonchev–Trinajstić information content (AvgIpc) is 3.38. The number of hydrogen-bond donors (Lipinski definition) is 2. The van der Waals surface area contributed by atoms with Crippen LogP contribution in [0.4, 0.5) is 0 Å². The number of nitrogens with zero attached hydrogens (tertiary/aromatic N) is 1. The van der Waals surface area contributed by atoms with Crippen molar-refractivity contribution in [2.75, 3.05) is 13.2 Å². The van der Waals surface area contributed by atoms with E-state index in [0.29, 0.717) is 17.4 Å². The first-order valence-corrected chi connectivity index (χ1v) is 8.27. The van der Waals surface area contributed by atoms with E-state index in [1.165, 1.54) is 12.8 Å². The van der Waals surface area contributed by atoms with Gasteiger partial charge >= 0.3 is 0 Å². The topological polar surface area (TPSA) is 71.5 Å². The Morgan fingerprint density at radius 2 is 2.09 bits per heavy atom. The van der Waals surface area contributed by atoms with Crippen molar-refractivity contribution in [2.45, 2.75) is 44.6 Å². The van der Waals surface area contributed by atoms with Crippen molar-refractivity contribution in [2.24, 2.45) is 11.8 Å². The van der Waals surface area contributed by atoms with Crippen LogP contribution in [-0.4, -0.2) is 35.3 Å². The van der Waals surface area contributed by atoms with Crippen molar-refractivity contribution in [1.29, 1.82) is 0 Å². The first-order valence-electron chi connectivity index (χ1n) is 8.27. The second-order valence-electron chi connectivity index (χ2n) is 6.45. The van der Waals surface area contributed by atoms with Gasteiger partial charge in [-0.1, -0.05) is 12.8 Å². The number of nitrogens with one attached hydrogen (secondary N) is 1. The van der Waals surface area contributed by atoms with Crippen LogP contribution in [-0.2, 0) is 0 Å². The molecule has 5 nitrogen and oxygen atoms in total. The van der Waals surface area contributed by atoms with Crippen LogP contribution in [0.3, 0.4) is 0 Å². The van der Waals surface area contributed by atoms with Crippen LogP contribution in [0, 0.1) is 11.8 Å². The second kappa shape index (κ2) is 7.09. The van der Waals surface area contributed by atoms with E-state index in [9.17, 15) is 9.90 Å². The predicted octanol–water partition coefficient (Wildman–Crippen LogP) is 2.15. The smallest absolute Gasteiger partial charge is 0.253 e. The van der Waals surface area contributed by atoms with E-state index in [-0.39, 0.29) is 24.5 Å². The van der Waals surface area contributed by atoms with Crippen molar-refractivity contribution >= 4 is 5.91 Å². The summed E-state index contributed by atoms with van der Waals surface area (Å²) in [5, 5.41) is 12.4. The summed E-state index contributed by atoms with van der Waals surface area (Å²) < 4.78 is 5.57. The zero-order chi connectivity index (χ0) is 15.4. The molecule has 1 heterocycles. The third-order valence-electron chi connectivity index (χ3n) is 4.62. The molecule has 0 aromatic carbocycles. The molecule has 5 heteroatoms. The number of amides is 1. The SMILES string of the molecule is O=C(NC1CCCCC1CO)c1ccc(OCC2CC2)nc1. The standard InChI is InChI=1S/C17H24N2O3/c20-10-14-3-1-2-4-15(14)19-17(21)13-7-8-16(18-9-13)22-11-12-5-6-12/h7-9,12,14-15,20H,1-6,10-11H2,(H,19,21). The molecule has 22 heavy (non-hydrogen) atoms. The molecule has 2 atom stereocenters. The first kappa shape index (κ1) is 15.3. The Bertz CT molecular complexity index is 499. The highest BCUT2D eigenvalue weighted by molar-refractivity contribution is 5.94. The molecule has 0 spiro atoms. The fourth-order valence-corrected chi connectivity index (χ4v) is 2.96. The minimum Gasteiger partial charge on any atom is -0.477 e. The van der Waals surface area contributed by atoms with Crippen LogP contribution in [0.1, 0.15) is 48.9 Å². The van der Waals surface area contributed by atoms with Gasteiger partial charge in [-0.3, -0.25) is 4.79 Å². The molecule has 0 aliphatic heterocycles. The lowest BCUT2D eigenvalue weighted by Crippen LogP contribution is -2.43. The zero-order valence-corrected chi connectivity index (χ0v) is 12.8. The van der Waals surface area contributed by atoms with Gasteiger partial charge in [-0.25, -0.2) is 4.98 Å². The van der Waals surface area contributed by atoms with E-state index in [1.807, 2.05) is 0 Å². The number of hydrogen-bond acceptors (Lipinski definition) is 4. The molecule has 2 aliphatic rings. The molecule has 3 rings (SSSR count). The van der Waals surface area contributed by atoms with Gasteiger partial charge in [-0.15, -0.1) is 0 Å². The summed E-state index contributed by atoms with van der Waals surface area (Å²) in [5.74, 6) is 1.32. The maximum atomic E-state index is 12.3. The van der Waals surface area contributed by atoms with Gasteiger partial charge in [0, 0.05) is 30.8 Å². The number of carbonyl (C=O) groups is 1. The highest BCUT2D eigenvalue weighted by Crippen LogP contribution is 2.29. The largest absolute Gasteiger partial charge is 0.477 e. The molecule has 0 bridgehead atoms. The molecular weight excluding hydrogens is 280 g/mol. The van der Waals surface area contributed by atoms with Crippen LogP contribution in [0.2, 0.25) is 0 Å². The van der Waals surface area contributed by atoms with Gasteiger partial charge in [0.15, 0.2) is 0 Å². The number of aliphatic hydroxyl groups excluding tert-OH is 1. The maximum absolute atomic E-state index is 12.3. The van der Waals surface area contributed by atoms with Crippen LogP contribution in [0.25, 0.3) is 0 Å². The third kappa shape index (κ3) is 3.97. The highest BCUT2D eigenvalue weighted by Gasteiger charge is 2.26. The summed E-state index contributed by atoms with van der Waals surface area (Å²) in [4.78, 5) is 16.5. The molecule has 2 N–H and O–H groups in total. The summed E-state index contributed by atoms with van der Waals surface area (Å²) in [6, 6.07) is 3.57. The van der Waals surface area contributed by atoms with E-state index in [0.717, 1.165) is 32.3 Å². The fraction of sp³-hybridized carbons (Fsp3) is 0.647. The van der Waals surface area contributed by atoms with Gasteiger partial charge in [0.05, 0.1) is 12.2 Å². The molecular formula is C17H24N2O3. The zero-order valence-electron chi connectivity index (χ0n) is 12.8. The quantitative estimate of drug-likeness (QED) is 0.845. The van der Waals surface area contributed by atoms with Crippen LogP contribution in [0.5, 0.6) is 5.88 Å². The summed E-state index contributed by atoms with van der Waals surface area (Å²) in [6.45, 7) is 0.857. The Balaban J connectivity index is 1.54. The number of carbonyl (C=O) groups excluding carboxylic acids is 1. The lowest BCUT2D eigenvalue weighted by atomic mass is 9.85. The second-order valence-corrected chi connectivity index (χ2v) is 6.45. The van der Waals surface area contributed by atoms with Gasteiger partial charge in [0.1, 0.15) is 0 Å². The van der Waals surface area contributed by atoms with E-state index in [2.05, 4.69) is 10.3 Å². The summed E-state index contributed by atoms with van der Waals surface area (Å²) in [7, 11) is 0. The molecule has 1 aromatic rings. The van der Waals surface area contributed by atoms with Crippen molar-refractivity contribution in [1.82, 2.24) is 10.3 Å². The van der Waals surface area contributed by atoms with Crippen molar-refractivity contribution < 1.29 is 14.6 Å². The Morgan fingerprint density at radius 1 is 1.27 bits per heavy atom. The van der Waals surface area contributed by atoms with Crippen molar-refractivity contribution in [3.63, 3.8) is 0 Å². The number of rotatable bonds is 6. The normalized spacial score (nSPS) is 24.8. The first-order chi connectivity index (χ1) is 10.8. The number of pyridine rings is 1. The van der Waals surface area contributed by atoms with Gasteiger partial charge < -0.3 is 15.2 Å². The van der Waals surface area contributed by atoms with Crippen molar-refractivity contribution in [3.8, 4) is 5.88 Å². The fourth-order valence-electron chi connectivity index (χ4n) is 2.96. The molecule has 0 saturated heterocycles. The third-order valence-corrected chi connectivity index (χ3v) is 4.62. The van der Waals surface area contributed by atoms with Crippen LogP contribution >= 0.6 is 0 Å². The predicted molar refractivity (Wildman–Crippen MR) is 82.8 cm³/mol. The summed E-state index contributed by atoms with van der Waals surface area (Å²) in [6.07, 6.45) is 8.20. The average molecular weight is 304 g/mol. The Morgan fingerprint density at radius 3 is 2.77 bits per heavy atom. The van der Waals surface area contributed by atoms with Gasteiger partial charge in [0.2, 0.25) is 5.88 Å². The van der Waals surface area contributed by atoms with Crippen LogP contribution < -0.4 is 10.1 Å². The minimum absolute atomic E-state index is 0.0667. The number of aliphatic hydroxyl groups is 1. The maximum Gasteiger partial charge on any atom is 0.253 e. The van der Waals surface area contributed by atoms with Gasteiger partial charge in [0.25, 0.3) is 5.91 Å².